The van der Waals surface area contributed by atoms with Crippen LogP contribution in [0, 0.1) is 27.7 Å². The summed E-state index contributed by atoms with van der Waals surface area (Å²) in [5.41, 5.74) is 4.83. The van der Waals surface area contributed by atoms with Crippen LogP contribution < -0.4 is 10.6 Å². The molecule has 3 rings (SSSR count). The maximum atomic E-state index is 14.4. The molecule has 0 heterocycles. The first-order valence-electron chi connectivity index (χ1n) is 9.13. The minimum absolute atomic E-state index is 0.00278. The molecule has 0 aliphatic rings. The van der Waals surface area contributed by atoms with Gasteiger partial charge in [-0.1, -0.05) is 64.7 Å². The number of carbonyl (C=O) groups is 1. The fraction of sp³-hybridized carbons (Fsp3) is 0.208. The molecular weight excluding hydrogens is 351 g/mol. The quantitative estimate of drug-likeness (QED) is 0.458. The van der Waals surface area contributed by atoms with E-state index in [9.17, 15) is 9.36 Å². The van der Waals surface area contributed by atoms with Gasteiger partial charge in [0, 0.05) is 16.2 Å². The summed E-state index contributed by atoms with van der Waals surface area (Å²) in [4.78, 5) is 13.0. The molecule has 0 radical (unpaired) electrons. The van der Waals surface area contributed by atoms with Crippen LogP contribution in [0.2, 0.25) is 0 Å². The Labute approximate surface area is 161 Å². The first-order chi connectivity index (χ1) is 12.8. The average molecular weight is 376 g/mol. The van der Waals surface area contributed by atoms with E-state index in [1.54, 1.807) is 12.1 Å². The van der Waals surface area contributed by atoms with E-state index in [2.05, 4.69) is 12.1 Å². The van der Waals surface area contributed by atoms with Crippen molar-refractivity contribution in [3.63, 3.8) is 0 Å². The minimum atomic E-state index is -3.10. The Balaban J connectivity index is 2.16. The lowest BCUT2D eigenvalue weighted by Crippen LogP contribution is -2.24. The van der Waals surface area contributed by atoms with Crippen molar-refractivity contribution in [2.75, 3.05) is 6.16 Å². The van der Waals surface area contributed by atoms with Gasteiger partial charge in [-0.2, -0.15) is 0 Å². The molecule has 138 valence electrons. The lowest BCUT2D eigenvalue weighted by molar-refractivity contribution is 0.102. The molecule has 0 aliphatic heterocycles. The Morgan fingerprint density at radius 1 is 0.704 bits per heavy atom. The fourth-order valence-electron chi connectivity index (χ4n) is 3.57. The summed E-state index contributed by atoms with van der Waals surface area (Å²) in [5.74, 6) is -0.0859. The van der Waals surface area contributed by atoms with Crippen LogP contribution >= 0.6 is 7.14 Å². The molecule has 2 nitrogen and oxygen atoms in total. The first kappa shape index (κ1) is 19.3. The monoisotopic (exact) mass is 376 g/mol. The molecule has 3 aromatic rings. The summed E-state index contributed by atoms with van der Waals surface area (Å²) in [5, 5.41) is 1.52. The molecule has 0 atom stereocenters. The van der Waals surface area contributed by atoms with Gasteiger partial charge in [-0.05, 0) is 52.0 Å². The van der Waals surface area contributed by atoms with Crippen LogP contribution in [0.5, 0.6) is 0 Å². The van der Waals surface area contributed by atoms with Crippen LogP contribution in [0.3, 0.4) is 0 Å². The van der Waals surface area contributed by atoms with E-state index >= 15 is 0 Å². The Kier molecular flexibility index (Phi) is 5.48. The second-order valence-corrected chi connectivity index (χ2v) is 10.2. The number of carbonyl (C=O) groups excluding carboxylic acids is 1. The predicted molar refractivity (Wildman–Crippen MR) is 114 cm³/mol. The van der Waals surface area contributed by atoms with Crippen molar-refractivity contribution in [1.29, 1.82) is 0 Å². The van der Waals surface area contributed by atoms with Crippen molar-refractivity contribution in [3.8, 4) is 0 Å². The highest BCUT2D eigenvalue weighted by atomic mass is 31.2. The average Bonchev–Trinajstić information content (AvgIpc) is 2.60. The standard InChI is InChI=1S/C24H25O2P/c1-17-10-18(2)13-22(12-17)27(26,23-14-19(3)11-20(4)15-23)16-24(25)21-8-6-5-7-9-21/h5-15H,16H2,1-4H3. The molecule has 0 saturated heterocycles. The van der Waals surface area contributed by atoms with E-state index in [-0.39, 0.29) is 11.9 Å². The van der Waals surface area contributed by atoms with E-state index in [0.29, 0.717) is 5.56 Å². The lowest BCUT2D eigenvalue weighted by Gasteiger charge is -2.21. The van der Waals surface area contributed by atoms with Gasteiger partial charge in [-0.25, -0.2) is 0 Å². The zero-order valence-corrected chi connectivity index (χ0v) is 17.2. The lowest BCUT2D eigenvalue weighted by atomic mass is 10.1. The maximum absolute atomic E-state index is 14.4. The molecule has 0 aliphatic carbocycles. The highest BCUT2D eigenvalue weighted by Gasteiger charge is 2.31. The number of aryl methyl sites for hydroxylation is 4. The molecule has 0 unspecified atom stereocenters. The van der Waals surface area contributed by atoms with Crippen LogP contribution in [0.15, 0.2) is 66.7 Å². The topological polar surface area (TPSA) is 34.1 Å². The predicted octanol–water partition coefficient (Wildman–Crippen LogP) is 5.12. The third-order valence-electron chi connectivity index (χ3n) is 4.71. The zero-order chi connectivity index (χ0) is 19.6. The number of ketones is 1. The number of hydrogen-bond acceptors (Lipinski definition) is 2. The first-order valence-corrected chi connectivity index (χ1v) is 11.0. The molecule has 0 amide bonds. The highest BCUT2D eigenvalue weighted by Crippen LogP contribution is 2.44. The van der Waals surface area contributed by atoms with Gasteiger partial charge in [-0.3, -0.25) is 4.79 Å². The number of rotatable bonds is 5. The summed E-state index contributed by atoms with van der Waals surface area (Å²) in [7, 11) is -3.10. The van der Waals surface area contributed by atoms with E-state index in [1.165, 1.54) is 0 Å². The molecule has 27 heavy (non-hydrogen) atoms. The van der Waals surface area contributed by atoms with Gasteiger partial charge < -0.3 is 4.57 Å². The van der Waals surface area contributed by atoms with Gasteiger partial charge in [0.2, 0.25) is 0 Å². The second kappa shape index (κ2) is 7.66. The molecular formula is C24H25O2P. The van der Waals surface area contributed by atoms with E-state index < -0.39 is 7.14 Å². The normalized spacial score (nSPS) is 11.4. The van der Waals surface area contributed by atoms with Gasteiger partial charge in [-0.15, -0.1) is 0 Å². The maximum Gasteiger partial charge on any atom is 0.170 e. The van der Waals surface area contributed by atoms with Crippen LogP contribution in [0.25, 0.3) is 0 Å². The van der Waals surface area contributed by atoms with Crippen LogP contribution in [-0.2, 0) is 4.57 Å². The third kappa shape index (κ3) is 4.28. The zero-order valence-electron chi connectivity index (χ0n) is 16.3. The molecule has 0 aromatic heterocycles. The van der Waals surface area contributed by atoms with Crippen molar-refractivity contribution >= 4 is 23.5 Å². The minimum Gasteiger partial charge on any atom is -0.313 e. The summed E-state index contributed by atoms with van der Waals surface area (Å²) in [6, 6.07) is 21.1. The van der Waals surface area contributed by atoms with Gasteiger partial charge in [0.05, 0.1) is 6.16 Å². The summed E-state index contributed by atoms with van der Waals surface area (Å²) >= 11 is 0. The second-order valence-electron chi connectivity index (χ2n) is 7.38. The molecule has 3 aromatic carbocycles. The smallest absolute Gasteiger partial charge is 0.170 e. The molecule has 0 saturated carbocycles. The van der Waals surface area contributed by atoms with Crippen molar-refractivity contribution in [3.05, 3.63) is 94.5 Å². The van der Waals surface area contributed by atoms with E-state index in [4.69, 9.17) is 0 Å². The molecule has 0 fully saturated rings. The molecule has 0 spiro atoms. The van der Waals surface area contributed by atoms with Crippen LogP contribution in [0.4, 0.5) is 0 Å². The van der Waals surface area contributed by atoms with Gasteiger partial charge in [0.1, 0.15) is 0 Å². The number of Topliss-reactive ketones (excluding diaryl/α,β-unsaturated/α-hetero) is 1. The van der Waals surface area contributed by atoms with E-state index in [0.717, 1.165) is 32.9 Å². The van der Waals surface area contributed by atoms with Gasteiger partial charge in [0.25, 0.3) is 0 Å². The molecule has 3 heteroatoms. The summed E-state index contributed by atoms with van der Waals surface area (Å²) < 4.78 is 14.4. The van der Waals surface area contributed by atoms with Crippen molar-refractivity contribution in [2.24, 2.45) is 0 Å². The molecule has 0 bridgehead atoms. The Bertz CT molecular complexity index is 940. The SMILES string of the molecule is Cc1cc(C)cc(P(=O)(CC(=O)c2ccccc2)c2cc(C)cc(C)c2)c1. The Hall–Kier alpha value is -2.44. The van der Waals surface area contributed by atoms with E-state index in [1.807, 2.05) is 70.2 Å². The molecule has 0 N–H and O–H groups in total. The van der Waals surface area contributed by atoms with Crippen LogP contribution in [-0.4, -0.2) is 11.9 Å². The van der Waals surface area contributed by atoms with Gasteiger partial charge in [0.15, 0.2) is 12.9 Å². The van der Waals surface area contributed by atoms with Gasteiger partial charge >= 0.3 is 0 Å². The Morgan fingerprint density at radius 2 is 1.11 bits per heavy atom. The summed E-state index contributed by atoms with van der Waals surface area (Å²) in [6.07, 6.45) is 0.00278. The van der Waals surface area contributed by atoms with Crippen molar-refractivity contribution in [1.82, 2.24) is 0 Å². The van der Waals surface area contributed by atoms with Crippen molar-refractivity contribution in [2.45, 2.75) is 27.7 Å². The summed E-state index contributed by atoms with van der Waals surface area (Å²) in [6.45, 7) is 8.01. The number of hydrogen-bond donors (Lipinski definition) is 0. The van der Waals surface area contributed by atoms with Crippen molar-refractivity contribution < 1.29 is 9.36 Å². The number of benzene rings is 3. The fourth-order valence-corrected chi connectivity index (χ4v) is 6.47. The highest BCUT2D eigenvalue weighted by molar-refractivity contribution is 7.79. The van der Waals surface area contributed by atoms with Crippen LogP contribution in [0.1, 0.15) is 32.6 Å². The third-order valence-corrected chi connectivity index (χ3v) is 7.63. The Morgan fingerprint density at radius 3 is 1.52 bits per heavy atom. The largest absolute Gasteiger partial charge is 0.313 e.